The van der Waals surface area contributed by atoms with Gasteiger partial charge in [-0.15, -0.1) is 0 Å². The third-order valence-corrected chi connectivity index (χ3v) is 7.04. The molecule has 2 fully saturated rings. The monoisotopic (exact) mass is 522 g/mol. The van der Waals surface area contributed by atoms with E-state index in [4.69, 9.17) is 9.26 Å². The zero-order valence-corrected chi connectivity index (χ0v) is 19.2. The van der Waals surface area contributed by atoms with Crippen LogP contribution in [0.15, 0.2) is 22.9 Å². The van der Waals surface area contributed by atoms with Crippen LogP contribution in [0.2, 0.25) is 0 Å². The summed E-state index contributed by atoms with van der Waals surface area (Å²) < 4.78 is 67.1. The number of hydrogen-bond acceptors (Lipinski definition) is 8. The van der Waals surface area contributed by atoms with Crippen molar-refractivity contribution in [2.75, 3.05) is 11.4 Å². The largest absolute Gasteiger partial charge is 0.435 e. The van der Waals surface area contributed by atoms with E-state index >= 15 is 4.39 Å². The van der Waals surface area contributed by atoms with E-state index in [1.807, 2.05) is 0 Å². The van der Waals surface area contributed by atoms with E-state index in [0.717, 1.165) is 16.9 Å². The number of amides is 4. The number of alkyl halides is 3. The molecule has 1 spiro atoms. The minimum Gasteiger partial charge on any atom is -0.372 e. The summed E-state index contributed by atoms with van der Waals surface area (Å²) in [5.74, 6) is -2.79. The van der Waals surface area contributed by atoms with Crippen LogP contribution >= 0.6 is 0 Å². The lowest BCUT2D eigenvalue weighted by Gasteiger charge is -2.55. The van der Waals surface area contributed by atoms with Crippen molar-refractivity contribution in [3.8, 4) is 5.82 Å². The first-order valence-corrected chi connectivity index (χ1v) is 11.2. The number of nitrogens with one attached hydrogen (secondary N) is 2. The summed E-state index contributed by atoms with van der Waals surface area (Å²) in [7, 11) is 0. The summed E-state index contributed by atoms with van der Waals surface area (Å²) in [5, 5.41) is 11.5. The fourth-order valence-electron chi connectivity index (χ4n) is 5.69. The maximum atomic E-state index is 16.0. The van der Waals surface area contributed by atoms with E-state index in [-0.39, 0.29) is 41.0 Å². The van der Waals surface area contributed by atoms with Crippen molar-refractivity contribution >= 4 is 34.5 Å². The van der Waals surface area contributed by atoms with Crippen LogP contribution in [0.3, 0.4) is 0 Å². The number of hydrogen-bond donors (Lipinski definition) is 2. The Morgan fingerprint density at radius 2 is 1.86 bits per heavy atom. The molecule has 0 radical (unpaired) electrons. The number of imide groups is 2. The highest BCUT2D eigenvalue weighted by Crippen LogP contribution is 2.49. The van der Waals surface area contributed by atoms with Crippen LogP contribution in [0.1, 0.15) is 25.1 Å². The van der Waals surface area contributed by atoms with Gasteiger partial charge in [0.15, 0.2) is 16.9 Å². The number of morpholine rings is 1. The highest BCUT2D eigenvalue weighted by molar-refractivity contribution is 6.20. The second-order valence-electron chi connectivity index (χ2n) is 9.36. The zero-order chi connectivity index (χ0) is 26.4. The number of fused-ring (bicyclic) bond motifs is 5. The number of halogens is 4. The van der Waals surface area contributed by atoms with Crippen molar-refractivity contribution in [1.29, 1.82) is 0 Å². The molecular weight excluding hydrogens is 504 g/mol. The third kappa shape index (κ3) is 3.19. The van der Waals surface area contributed by atoms with Crippen molar-refractivity contribution in [2.45, 2.75) is 44.7 Å². The number of anilines is 1. The molecule has 3 aliphatic rings. The fourth-order valence-corrected chi connectivity index (χ4v) is 5.69. The van der Waals surface area contributed by atoms with Gasteiger partial charge in [0.1, 0.15) is 0 Å². The molecule has 0 saturated carbocycles. The van der Waals surface area contributed by atoms with Gasteiger partial charge in [0, 0.05) is 19.2 Å². The molecule has 6 rings (SSSR count). The first-order chi connectivity index (χ1) is 17.4. The number of rotatable bonds is 1. The lowest BCUT2D eigenvalue weighted by Crippen LogP contribution is -2.75. The Balaban J connectivity index is 1.56. The number of aromatic nitrogens is 3. The van der Waals surface area contributed by atoms with E-state index in [1.54, 1.807) is 18.7 Å². The molecule has 3 aromatic rings. The molecule has 5 heterocycles. The molecule has 0 bridgehead atoms. The summed E-state index contributed by atoms with van der Waals surface area (Å²) in [6.45, 7) is 3.50. The number of barbiturate groups is 1. The molecule has 15 heteroatoms. The molecule has 2 N–H and O–H groups in total. The quantitative estimate of drug-likeness (QED) is 0.367. The Bertz CT molecular complexity index is 1480. The number of ether oxygens (including phenoxy) is 1. The fraction of sp³-hybridized carbons (Fsp3) is 0.409. The lowest BCUT2D eigenvalue weighted by molar-refractivity contribution is -0.153. The van der Waals surface area contributed by atoms with Crippen molar-refractivity contribution in [3.63, 3.8) is 0 Å². The Morgan fingerprint density at radius 1 is 1.16 bits per heavy atom. The molecule has 3 atom stereocenters. The summed E-state index contributed by atoms with van der Waals surface area (Å²) in [6, 6.07) is 0.199. The van der Waals surface area contributed by atoms with Gasteiger partial charge in [-0.1, -0.05) is 5.16 Å². The normalized spacial score (nSPS) is 25.2. The van der Waals surface area contributed by atoms with Crippen molar-refractivity contribution in [2.24, 2.45) is 5.41 Å². The lowest BCUT2D eigenvalue weighted by atomic mass is 9.66. The Kier molecular flexibility index (Phi) is 4.74. The van der Waals surface area contributed by atoms with Gasteiger partial charge in [0.2, 0.25) is 23.2 Å². The van der Waals surface area contributed by atoms with Crippen LogP contribution in [-0.2, 0) is 26.9 Å². The predicted octanol–water partition coefficient (Wildman–Crippen LogP) is 2.06. The summed E-state index contributed by atoms with van der Waals surface area (Å²) in [5.41, 5.74) is -3.10. The Hall–Kier alpha value is -4.01. The second-order valence-corrected chi connectivity index (χ2v) is 9.36. The molecule has 37 heavy (non-hydrogen) atoms. The Labute approximate surface area is 204 Å². The molecule has 3 aliphatic heterocycles. The third-order valence-electron chi connectivity index (χ3n) is 7.04. The SMILES string of the molecule is CC1CN2c3c(cc4c(-n5ccc(C(F)(F)F)n5)noc4c3F)CC3(C(=O)NC(=O)NC3=O)C2C(C)O1. The van der Waals surface area contributed by atoms with Crippen LogP contribution in [-0.4, -0.2) is 57.6 Å². The number of urea groups is 1. The van der Waals surface area contributed by atoms with Gasteiger partial charge < -0.3 is 14.2 Å². The minimum atomic E-state index is -4.71. The minimum absolute atomic E-state index is 0.0104. The summed E-state index contributed by atoms with van der Waals surface area (Å²) >= 11 is 0. The maximum Gasteiger partial charge on any atom is 0.435 e. The Morgan fingerprint density at radius 3 is 2.51 bits per heavy atom. The van der Waals surface area contributed by atoms with Gasteiger partial charge in [-0.05, 0) is 31.5 Å². The molecule has 2 saturated heterocycles. The number of carbonyl (C=O) groups is 3. The van der Waals surface area contributed by atoms with E-state index < -0.39 is 59.2 Å². The van der Waals surface area contributed by atoms with Crippen LogP contribution in [0.5, 0.6) is 0 Å². The van der Waals surface area contributed by atoms with Gasteiger partial charge in [0.05, 0.1) is 29.3 Å². The van der Waals surface area contributed by atoms with Gasteiger partial charge in [-0.2, -0.15) is 18.3 Å². The van der Waals surface area contributed by atoms with Gasteiger partial charge in [0.25, 0.3) is 0 Å². The molecular formula is C22H18F4N6O5. The molecule has 0 aliphatic carbocycles. The predicted molar refractivity (Wildman–Crippen MR) is 115 cm³/mol. The summed E-state index contributed by atoms with van der Waals surface area (Å²) in [6.07, 6.45) is -5.14. The van der Waals surface area contributed by atoms with Crippen molar-refractivity contribution in [3.05, 3.63) is 35.4 Å². The van der Waals surface area contributed by atoms with Gasteiger partial charge in [-0.25, -0.2) is 13.9 Å². The average Bonchev–Trinajstić information content (AvgIpc) is 3.44. The first-order valence-electron chi connectivity index (χ1n) is 11.2. The zero-order valence-electron chi connectivity index (χ0n) is 19.2. The molecule has 194 valence electrons. The molecule has 11 nitrogen and oxygen atoms in total. The van der Waals surface area contributed by atoms with Crippen LogP contribution in [0.25, 0.3) is 16.8 Å². The number of nitrogens with zero attached hydrogens (tertiary/aromatic N) is 4. The van der Waals surface area contributed by atoms with Gasteiger partial charge >= 0.3 is 12.2 Å². The highest BCUT2D eigenvalue weighted by Gasteiger charge is 2.63. The van der Waals surface area contributed by atoms with Crippen LogP contribution < -0.4 is 15.5 Å². The van der Waals surface area contributed by atoms with Crippen LogP contribution in [0, 0.1) is 11.2 Å². The van der Waals surface area contributed by atoms with Crippen molar-refractivity contribution < 1.29 is 41.2 Å². The average molecular weight is 522 g/mol. The van der Waals surface area contributed by atoms with E-state index in [1.165, 1.54) is 6.07 Å². The molecule has 4 amide bonds. The van der Waals surface area contributed by atoms with Crippen molar-refractivity contribution in [1.82, 2.24) is 25.6 Å². The van der Waals surface area contributed by atoms with E-state index in [0.29, 0.717) is 0 Å². The molecule has 2 aromatic heterocycles. The maximum absolute atomic E-state index is 16.0. The van der Waals surface area contributed by atoms with E-state index in [9.17, 15) is 27.6 Å². The van der Waals surface area contributed by atoms with Gasteiger partial charge in [-0.3, -0.25) is 20.2 Å². The second kappa shape index (κ2) is 7.50. The van der Waals surface area contributed by atoms with Crippen LogP contribution in [0.4, 0.5) is 28.0 Å². The number of carbonyl (C=O) groups excluding carboxylic acids is 3. The first kappa shape index (κ1) is 23.4. The highest BCUT2D eigenvalue weighted by atomic mass is 19.4. The standard InChI is InChI=1S/C22H18F4N6O5/c1-8-7-31-14-10(6-21(16(31)9(2)36-8)18(33)27-20(35)28-19(21)34)5-11-15(13(14)23)37-30-17(11)32-4-3-12(29-32)22(24,25)26/h3-5,8-9,16H,6-7H2,1-2H3,(H2,27,28,33,34,35). The number of benzene rings is 1. The van der Waals surface area contributed by atoms with E-state index in [2.05, 4.69) is 20.9 Å². The smallest absolute Gasteiger partial charge is 0.372 e. The summed E-state index contributed by atoms with van der Waals surface area (Å²) in [4.78, 5) is 39.9. The topological polar surface area (TPSA) is 132 Å². The molecule has 3 unspecified atom stereocenters. The molecule has 1 aromatic carbocycles.